The largest absolute Gasteiger partial charge is 0.423 e. The summed E-state index contributed by atoms with van der Waals surface area (Å²) in [6.07, 6.45) is 0. The Morgan fingerprint density at radius 1 is 1.12 bits per heavy atom. The molecule has 2 aromatic rings. The van der Waals surface area contributed by atoms with Gasteiger partial charge in [0.1, 0.15) is 5.75 Å². The molecule has 0 atom stereocenters. The fraction of sp³-hybridized carbons (Fsp3) is 0. The van der Waals surface area contributed by atoms with E-state index in [1.807, 2.05) is 6.07 Å². The molecule has 0 aliphatic heterocycles. The summed E-state index contributed by atoms with van der Waals surface area (Å²) in [6.45, 7) is 0. The summed E-state index contributed by atoms with van der Waals surface area (Å²) < 4.78 is 5.97. The van der Waals surface area contributed by atoms with Crippen molar-refractivity contribution < 1.29 is 9.53 Å². The van der Waals surface area contributed by atoms with Crippen LogP contribution >= 0.6 is 27.5 Å². The maximum atomic E-state index is 11.9. The van der Waals surface area contributed by atoms with Crippen molar-refractivity contribution in [1.29, 1.82) is 0 Å². The Kier molecular flexibility index (Phi) is 3.82. The number of para-hydroxylation sites is 1. The molecule has 0 saturated heterocycles. The van der Waals surface area contributed by atoms with Crippen LogP contribution in [0.15, 0.2) is 53.0 Å². The summed E-state index contributed by atoms with van der Waals surface area (Å²) in [6, 6.07) is 13.9. The molecule has 2 rings (SSSR count). The van der Waals surface area contributed by atoms with E-state index in [1.54, 1.807) is 42.5 Å². The number of hydrogen-bond acceptors (Lipinski definition) is 2. The average Bonchev–Trinajstić information content (AvgIpc) is 2.33. The zero-order valence-corrected chi connectivity index (χ0v) is 11.0. The number of ether oxygens (including phenoxy) is 1. The minimum absolute atomic E-state index is 0.338. The van der Waals surface area contributed by atoms with Crippen LogP contribution in [0.2, 0.25) is 5.02 Å². The molecule has 0 bridgehead atoms. The summed E-state index contributed by atoms with van der Waals surface area (Å²) in [7, 11) is 0. The second-order valence-corrected chi connectivity index (χ2v) is 4.65. The van der Waals surface area contributed by atoms with E-state index in [0.717, 1.165) is 4.47 Å². The molecule has 4 heteroatoms. The zero-order chi connectivity index (χ0) is 12.3. The van der Waals surface area contributed by atoms with Gasteiger partial charge in [0.25, 0.3) is 0 Å². The Balaban J connectivity index is 2.23. The van der Waals surface area contributed by atoms with Crippen LogP contribution in [0.4, 0.5) is 0 Å². The van der Waals surface area contributed by atoms with Crippen molar-refractivity contribution in [2.45, 2.75) is 0 Å². The molecular weight excluding hydrogens is 303 g/mol. The maximum Gasteiger partial charge on any atom is 0.345 e. The molecule has 0 amide bonds. The molecule has 0 heterocycles. The van der Waals surface area contributed by atoms with E-state index in [0.29, 0.717) is 16.3 Å². The Bertz CT molecular complexity index is 540. The third-order valence-corrected chi connectivity index (χ3v) is 2.92. The van der Waals surface area contributed by atoms with Crippen molar-refractivity contribution in [3.63, 3.8) is 0 Å². The normalized spacial score (nSPS) is 10.0. The first-order valence-electron chi connectivity index (χ1n) is 4.89. The molecule has 0 unspecified atom stereocenters. The number of carbonyl (C=O) groups excluding carboxylic acids is 1. The van der Waals surface area contributed by atoms with Gasteiger partial charge in [-0.15, -0.1) is 0 Å². The number of carbonyl (C=O) groups is 1. The van der Waals surface area contributed by atoms with E-state index in [-0.39, 0.29) is 0 Å². The van der Waals surface area contributed by atoms with Crippen molar-refractivity contribution in [3.05, 3.63) is 63.6 Å². The molecule has 0 aliphatic rings. The lowest BCUT2D eigenvalue weighted by molar-refractivity contribution is 0.0735. The van der Waals surface area contributed by atoms with Gasteiger partial charge in [-0.25, -0.2) is 4.79 Å². The first kappa shape index (κ1) is 12.1. The molecule has 2 nitrogen and oxygen atoms in total. The summed E-state index contributed by atoms with van der Waals surface area (Å²) in [4.78, 5) is 11.9. The molecule has 17 heavy (non-hydrogen) atoms. The van der Waals surface area contributed by atoms with E-state index in [9.17, 15) is 4.79 Å². The Labute approximate surface area is 112 Å². The Hall–Kier alpha value is -1.32. The summed E-state index contributed by atoms with van der Waals surface area (Å²) in [5, 5.41) is 0.370. The van der Waals surface area contributed by atoms with Gasteiger partial charge in [0.2, 0.25) is 0 Å². The van der Waals surface area contributed by atoms with Gasteiger partial charge in [-0.05, 0) is 30.3 Å². The predicted molar refractivity (Wildman–Crippen MR) is 70.6 cm³/mol. The molecule has 0 spiro atoms. The van der Waals surface area contributed by atoms with E-state index in [2.05, 4.69) is 15.9 Å². The molecular formula is C13H8BrClO2. The van der Waals surface area contributed by atoms with Crippen LogP contribution < -0.4 is 4.74 Å². The van der Waals surface area contributed by atoms with Gasteiger partial charge < -0.3 is 4.74 Å². The molecule has 0 N–H and O–H groups in total. The smallest absolute Gasteiger partial charge is 0.345 e. The second kappa shape index (κ2) is 5.34. The third kappa shape index (κ3) is 3.08. The first-order valence-corrected chi connectivity index (χ1v) is 6.06. The highest BCUT2D eigenvalue weighted by Crippen LogP contribution is 2.22. The number of esters is 1. The first-order chi connectivity index (χ1) is 8.16. The summed E-state index contributed by atoms with van der Waals surface area (Å²) in [5.41, 5.74) is 0.338. The molecule has 0 saturated carbocycles. The monoisotopic (exact) mass is 310 g/mol. The highest BCUT2D eigenvalue weighted by Gasteiger charge is 2.13. The van der Waals surface area contributed by atoms with Crippen molar-refractivity contribution >= 4 is 33.5 Å². The quantitative estimate of drug-likeness (QED) is 0.610. The van der Waals surface area contributed by atoms with Crippen LogP contribution in [0, 0.1) is 0 Å². The van der Waals surface area contributed by atoms with Gasteiger partial charge in [-0.1, -0.05) is 45.7 Å². The van der Waals surface area contributed by atoms with Crippen LogP contribution in [0.1, 0.15) is 10.4 Å². The minimum Gasteiger partial charge on any atom is -0.423 e. The third-order valence-electron chi connectivity index (χ3n) is 2.10. The lowest BCUT2D eigenvalue weighted by atomic mass is 10.2. The van der Waals surface area contributed by atoms with Crippen LogP contribution in [0.3, 0.4) is 0 Å². The zero-order valence-electron chi connectivity index (χ0n) is 8.69. The molecule has 86 valence electrons. The van der Waals surface area contributed by atoms with Crippen LogP contribution in [0.25, 0.3) is 0 Å². The average molecular weight is 312 g/mol. The van der Waals surface area contributed by atoms with Gasteiger partial charge in [-0.2, -0.15) is 0 Å². The number of benzene rings is 2. The van der Waals surface area contributed by atoms with Crippen molar-refractivity contribution in [3.8, 4) is 5.75 Å². The van der Waals surface area contributed by atoms with E-state index >= 15 is 0 Å². The fourth-order valence-electron chi connectivity index (χ4n) is 1.30. The van der Waals surface area contributed by atoms with Gasteiger partial charge in [0, 0.05) is 4.47 Å². The Morgan fingerprint density at radius 3 is 2.53 bits per heavy atom. The molecule has 0 aliphatic carbocycles. The lowest BCUT2D eigenvalue weighted by Gasteiger charge is -2.05. The van der Waals surface area contributed by atoms with Crippen molar-refractivity contribution in [2.75, 3.05) is 0 Å². The van der Waals surface area contributed by atoms with Gasteiger partial charge in [0.05, 0.1) is 10.6 Å². The van der Waals surface area contributed by atoms with Gasteiger partial charge in [-0.3, -0.25) is 0 Å². The fourth-order valence-corrected chi connectivity index (χ4v) is 1.86. The SMILES string of the molecule is O=C(Oc1ccccc1)c1cc(Br)ccc1Cl. The summed E-state index contributed by atoms with van der Waals surface area (Å²) >= 11 is 9.22. The minimum atomic E-state index is -0.470. The van der Waals surface area contributed by atoms with Crippen LogP contribution in [0.5, 0.6) is 5.75 Å². The van der Waals surface area contributed by atoms with Crippen LogP contribution in [-0.4, -0.2) is 5.97 Å². The highest BCUT2D eigenvalue weighted by atomic mass is 79.9. The van der Waals surface area contributed by atoms with Gasteiger partial charge in [0.15, 0.2) is 0 Å². The molecule has 0 radical (unpaired) electrons. The lowest BCUT2D eigenvalue weighted by Crippen LogP contribution is -2.09. The van der Waals surface area contributed by atoms with Crippen molar-refractivity contribution in [1.82, 2.24) is 0 Å². The highest BCUT2D eigenvalue weighted by molar-refractivity contribution is 9.10. The predicted octanol–water partition coefficient (Wildman–Crippen LogP) is 4.32. The van der Waals surface area contributed by atoms with E-state index < -0.39 is 5.97 Å². The van der Waals surface area contributed by atoms with Crippen molar-refractivity contribution in [2.24, 2.45) is 0 Å². The summed E-state index contributed by atoms with van der Waals surface area (Å²) in [5.74, 6) is 0.0241. The number of halogens is 2. The van der Waals surface area contributed by atoms with Gasteiger partial charge >= 0.3 is 5.97 Å². The van der Waals surface area contributed by atoms with E-state index in [4.69, 9.17) is 16.3 Å². The molecule has 0 fully saturated rings. The molecule has 2 aromatic carbocycles. The topological polar surface area (TPSA) is 26.3 Å². The standard InChI is InChI=1S/C13H8BrClO2/c14-9-6-7-12(15)11(8-9)13(16)17-10-4-2-1-3-5-10/h1-8H. The molecule has 0 aromatic heterocycles. The Morgan fingerprint density at radius 2 is 1.82 bits per heavy atom. The number of hydrogen-bond donors (Lipinski definition) is 0. The van der Waals surface area contributed by atoms with E-state index in [1.165, 1.54) is 0 Å². The maximum absolute atomic E-state index is 11.9. The van der Waals surface area contributed by atoms with Crippen LogP contribution in [-0.2, 0) is 0 Å². The number of rotatable bonds is 2. The second-order valence-electron chi connectivity index (χ2n) is 3.33.